The lowest BCUT2D eigenvalue weighted by Gasteiger charge is -2.35. The summed E-state index contributed by atoms with van der Waals surface area (Å²) in [6.07, 6.45) is 0.957. The van der Waals surface area contributed by atoms with Gasteiger partial charge in [-0.25, -0.2) is 9.37 Å². The van der Waals surface area contributed by atoms with Crippen molar-refractivity contribution in [1.29, 1.82) is 0 Å². The van der Waals surface area contributed by atoms with Crippen LogP contribution in [-0.2, 0) is 6.54 Å². The number of pyridine rings is 1. The molecule has 1 amide bonds. The van der Waals surface area contributed by atoms with Crippen molar-refractivity contribution in [3.63, 3.8) is 0 Å². The van der Waals surface area contributed by atoms with Gasteiger partial charge in [0.1, 0.15) is 11.6 Å². The zero-order valence-electron chi connectivity index (χ0n) is 16.9. The molecule has 3 rings (SSSR count). The Bertz CT molecular complexity index is 822. The number of carbonyl (C=O) groups is 1. The monoisotopic (exact) mass is 384 g/mol. The van der Waals surface area contributed by atoms with Crippen molar-refractivity contribution in [3.8, 4) is 0 Å². The van der Waals surface area contributed by atoms with Gasteiger partial charge in [0, 0.05) is 37.9 Å². The molecule has 0 aliphatic carbocycles. The number of aromatic nitrogens is 1. The summed E-state index contributed by atoms with van der Waals surface area (Å²) >= 11 is 0. The van der Waals surface area contributed by atoms with E-state index >= 15 is 0 Å². The van der Waals surface area contributed by atoms with Crippen LogP contribution in [0.3, 0.4) is 0 Å². The van der Waals surface area contributed by atoms with Gasteiger partial charge in [-0.2, -0.15) is 0 Å². The Morgan fingerprint density at radius 1 is 1.21 bits per heavy atom. The van der Waals surface area contributed by atoms with Crippen molar-refractivity contribution >= 4 is 11.7 Å². The van der Waals surface area contributed by atoms with Gasteiger partial charge < -0.3 is 10.6 Å². The molecule has 1 atom stereocenters. The van der Waals surface area contributed by atoms with Crippen LogP contribution in [0.2, 0.25) is 0 Å². The number of amides is 1. The Hall–Kier alpha value is -2.47. The Morgan fingerprint density at radius 3 is 2.57 bits per heavy atom. The summed E-state index contributed by atoms with van der Waals surface area (Å²) in [6, 6.07) is 10.6. The number of benzene rings is 1. The SMILES string of the molecule is Cc1ccc(C(N)=O)c(N2CCCN(Cc3ccc(F)cc3)[C@H](C(C)C)C2)n1. The van der Waals surface area contributed by atoms with Crippen LogP contribution in [0.25, 0.3) is 0 Å². The lowest BCUT2D eigenvalue weighted by Crippen LogP contribution is -2.44. The van der Waals surface area contributed by atoms with Gasteiger partial charge >= 0.3 is 0 Å². The molecule has 6 heteroatoms. The molecular weight excluding hydrogens is 355 g/mol. The summed E-state index contributed by atoms with van der Waals surface area (Å²) in [7, 11) is 0. The highest BCUT2D eigenvalue weighted by molar-refractivity contribution is 5.97. The Balaban J connectivity index is 1.86. The maximum atomic E-state index is 13.2. The molecule has 1 aromatic heterocycles. The number of aryl methyl sites for hydroxylation is 1. The summed E-state index contributed by atoms with van der Waals surface area (Å²) in [5, 5.41) is 0. The fraction of sp³-hybridized carbons (Fsp3) is 0.455. The Labute approximate surface area is 166 Å². The molecule has 0 saturated carbocycles. The first-order valence-corrected chi connectivity index (χ1v) is 9.86. The van der Waals surface area contributed by atoms with Crippen LogP contribution in [0.5, 0.6) is 0 Å². The zero-order chi connectivity index (χ0) is 20.3. The Kier molecular flexibility index (Phi) is 6.29. The molecular formula is C22H29FN4O. The van der Waals surface area contributed by atoms with E-state index in [0.29, 0.717) is 17.3 Å². The molecule has 2 N–H and O–H groups in total. The molecule has 2 heterocycles. The number of hydrogen-bond acceptors (Lipinski definition) is 4. The topological polar surface area (TPSA) is 62.5 Å². The van der Waals surface area contributed by atoms with Crippen molar-refractivity contribution < 1.29 is 9.18 Å². The van der Waals surface area contributed by atoms with Gasteiger partial charge in [0.15, 0.2) is 0 Å². The minimum Gasteiger partial charge on any atom is -0.365 e. The molecule has 5 nitrogen and oxygen atoms in total. The van der Waals surface area contributed by atoms with E-state index in [4.69, 9.17) is 5.73 Å². The van der Waals surface area contributed by atoms with Crippen molar-refractivity contribution in [2.45, 2.75) is 39.8 Å². The number of primary amides is 1. The summed E-state index contributed by atoms with van der Waals surface area (Å²) < 4.78 is 13.2. The van der Waals surface area contributed by atoms with Gasteiger partial charge in [-0.3, -0.25) is 9.69 Å². The molecule has 1 aliphatic heterocycles. The van der Waals surface area contributed by atoms with E-state index in [1.54, 1.807) is 6.07 Å². The highest BCUT2D eigenvalue weighted by atomic mass is 19.1. The third-order valence-corrected chi connectivity index (χ3v) is 5.40. The number of nitrogens with two attached hydrogens (primary N) is 1. The standard InChI is InChI=1S/C22H29FN4O/c1-15(2)20-14-27(22-19(21(24)28)10-5-16(3)25-22)12-4-11-26(20)13-17-6-8-18(23)9-7-17/h5-10,15,20H,4,11-14H2,1-3H3,(H2,24,28)/t20-/m0/s1. The average molecular weight is 384 g/mol. The quantitative estimate of drug-likeness (QED) is 0.859. The summed E-state index contributed by atoms with van der Waals surface area (Å²) in [6.45, 7) is 9.66. The van der Waals surface area contributed by atoms with E-state index in [0.717, 1.165) is 43.9 Å². The normalized spacial score (nSPS) is 18.3. The number of nitrogens with zero attached hydrogens (tertiary/aromatic N) is 3. The molecule has 150 valence electrons. The van der Waals surface area contributed by atoms with E-state index < -0.39 is 5.91 Å². The van der Waals surface area contributed by atoms with Crippen LogP contribution < -0.4 is 10.6 Å². The van der Waals surface area contributed by atoms with Crippen LogP contribution in [0, 0.1) is 18.7 Å². The highest BCUT2D eigenvalue weighted by Crippen LogP contribution is 2.25. The summed E-state index contributed by atoms with van der Waals surface area (Å²) in [5.41, 5.74) is 8.04. The van der Waals surface area contributed by atoms with Crippen LogP contribution >= 0.6 is 0 Å². The van der Waals surface area contributed by atoms with E-state index in [1.165, 1.54) is 12.1 Å². The second kappa shape index (κ2) is 8.69. The third-order valence-electron chi connectivity index (χ3n) is 5.40. The van der Waals surface area contributed by atoms with Crippen LogP contribution in [0.1, 0.15) is 41.9 Å². The first-order chi connectivity index (χ1) is 13.3. The van der Waals surface area contributed by atoms with Crippen molar-refractivity contribution in [2.75, 3.05) is 24.5 Å². The molecule has 1 saturated heterocycles. The van der Waals surface area contributed by atoms with Crippen molar-refractivity contribution in [1.82, 2.24) is 9.88 Å². The second-order valence-corrected chi connectivity index (χ2v) is 7.90. The van der Waals surface area contributed by atoms with Gasteiger partial charge in [-0.05, 0) is 49.1 Å². The van der Waals surface area contributed by atoms with Gasteiger partial charge in [0.05, 0.1) is 5.56 Å². The van der Waals surface area contributed by atoms with Gasteiger partial charge in [-0.15, -0.1) is 0 Å². The molecule has 28 heavy (non-hydrogen) atoms. The van der Waals surface area contributed by atoms with Crippen LogP contribution in [0.15, 0.2) is 36.4 Å². The van der Waals surface area contributed by atoms with Crippen molar-refractivity contribution in [2.24, 2.45) is 11.7 Å². The van der Waals surface area contributed by atoms with Gasteiger partial charge in [0.25, 0.3) is 5.91 Å². The van der Waals surface area contributed by atoms with E-state index in [9.17, 15) is 9.18 Å². The summed E-state index contributed by atoms with van der Waals surface area (Å²) in [5.74, 6) is 0.441. The van der Waals surface area contributed by atoms with Gasteiger partial charge in [0.2, 0.25) is 0 Å². The van der Waals surface area contributed by atoms with E-state index in [1.807, 2.05) is 25.1 Å². The fourth-order valence-electron chi connectivity index (χ4n) is 3.88. The average Bonchev–Trinajstić information content (AvgIpc) is 2.86. The lowest BCUT2D eigenvalue weighted by molar-refractivity contribution is 0.100. The Morgan fingerprint density at radius 2 is 1.93 bits per heavy atom. The molecule has 0 bridgehead atoms. The second-order valence-electron chi connectivity index (χ2n) is 7.90. The molecule has 0 spiro atoms. The fourth-order valence-corrected chi connectivity index (χ4v) is 3.88. The largest absolute Gasteiger partial charge is 0.365 e. The minimum atomic E-state index is -0.448. The predicted molar refractivity (Wildman–Crippen MR) is 110 cm³/mol. The minimum absolute atomic E-state index is 0.212. The molecule has 1 aliphatic rings. The van der Waals surface area contributed by atoms with Crippen LogP contribution in [-0.4, -0.2) is 41.5 Å². The van der Waals surface area contributed by atoms with Gasteiger partial charge in [-0.1, -0.05) is 26.0 Å². The molecule has 1 aromatic carbocycles. The predicted octanol–water partition coefficient (Wildman–Crippen LogP) is 3.36. The highest BCUT2D eigenvalue weighted by Gasteiger charge is 2.29. The number of anilines is 1. The van der Waals surface area contributed by atoms with Crippen LogP contribution in [0.4, 0.5) is 10.2 Å². The number of carbonyl (C=O) groups excluding carboxylic acids is 1. The molecule has 2 aromatic rings. The van der Waals surface area contributed by atoms with Crippen molar-refractivity contribution in [3.05, 3.63) is 59.0 Å². The first-order valence-electron chi connectivity index (χ1n) is 9.86. The number of rotatable bonds is 5. The smallest absolute Gasteiger partial charge is 0.252 e. The molecule has 1 fully saturated rings. The number of hydrogen-bond donors (Lipinski definition) is 1. The summed E-state index contributed by atoms with van der Waals surface area (Å²) in [4.78, 5) is 21.2. The van der Waals surface area contributed by atoms with E-state index in [-0.39, 0.29) is 11.9 Å². The molecule has 0 radical (unpaired) electrons. The maximum absolute atomic E-state index is 13.2. The zero-order valence-corrected chi connectivity index (χ0v) is 16.9. The molecule has 0 unspecified atom stereocenters. The first kappa shape index (κ1) is 20.3. The third kappa shape index (κ3) is 4.68. The number of halogens is 1. The van der Waals surface area contributed by atoms with E-state index in [2.05, 4.69) is 28.6 Å². The maximum Gasteiger partial charge on any atom is 0.252 e. The lowest BCUT2D eigenvalue weighted by atomic mass is 10.0.